The Bertz CT molecular complexity index is 658. The zero-order valence-electron chi connectivity index (χ0n) is 12.8. The van der Waals surface area contributed by atoms with Gasteiger partial charge in [0.15, 0.2) is 0 Å². The summed E-state index contributed by atoms with van der Waals surface area (Å²) < 4.78 is 28.2. The number of rotatable bonds is 4. The van der Waals surface area contributed by atoms with Crippen molar-refractivity contribution in [3.8, 4) is 0 Å². The van der Waals surface area contributed by atoms with Gasteiger partial charge >= 0.3 is 0 Å². The van der Waals surface area contributed by atoms with E-state index in [1.165, 1.54) is 6.07 Å². The standard InChI is InChI=1S/C15H22N2O4S/c1-10-8-12(5-6-14(10)22(16,19)20)9-17-15(18)13-4-3-7-21-11(13)2/h5-6,8,11,13H,3-4,7,9H2,1-2H3,(H,17,18)(H2,16,19,20)/t11-,13-/m0/s1. The van der Waals surface area contributed by atoms with E-state index in [4.69, 9.17) is 9.88 Å². The molecule has 0 unspecified atom stereocenters. The first-order valence-electron chi connectivity index (χ1n) is 7.30. The molecule has 1 amide bonds. The largest absolute Gasteiger partial charge is 0.378 e. The van der Waals surface area contributed by atoms with Crippen LogP contribution < -0.4 is 10.5 Å². The summed E-state index contributed by atoms with van der Waals surface area (Å²) in [5, 5.41) is 8.02. The van der Waals surface area contributed by atoms with Gasteiger partial charge in [0.05, 0.1) is 16.9 Å². The normalized spacial score (nSPS) is 22.3. The molecular weight excluding hydrogens is 304 g/mol. The van der Waals surface area contributed by atoms with Crippen LogP contribution in [0.4, 0.5) is 0 Å². The number of carbonyl (C=O) groups is 1. The van der Waals surface area contributed by atoms with Crippen LogP contribution in [0, 0.1) is 12.8 Å². The number of nitrogens with one attached hydrogen (secondary N) is 1. The first kappa shape index (κ1) is 16.9. The van der Waals surface area contributed by atoms with Crippen LogP contribution in [0.3, 0.4) is 0 Å². The Morgan fingerprint density at radius 3 is 2.77 bits per heavy atom. The first-order chi connectivity index (χ1) is 10.3. The molecule has 22 heavy (non-hydrogen) atoms. The minimum atomic E-state index is -3.71. The highest BCUT2D eigenvalue weighted by Gasteiger charge is 2.28. The van der Waals surface area contributed by atoms with Gasteiger partial charge in [0, 0.05) is 13.2 Å². The molecule has 122 valence electrons. The number of amides is 1. The molecule has 0 radical (unpaired) electrons. The lowest BCUT2D eigenvalue weighted by atomic mass is 9.94. The maximum atomic E-state index is 12.2. The van der Waals surface area contributed by atoms with Crippen LogP contribution in [-0.2, 0) is 26.1 Å². The van der Waals surface area contributed by atoms with Crippen LogP contribution in [0.25, 0.3) is 0 Å². The van der Waals surface area contributed by atoms with E-state index in [1.54, 1.807) is 19.1 Å². The minimum absolute atomic E-state index is 0.0274. The van der Waals surface area contributed by atoms with Crippen molar-refractivity contribution < 1.29 is 17.9 Å². The van der Waals surface area contributed by atoms with E-state index in [0.29, 0.717) is 18.7 Å². The molecule has 1 saturated heterocycles. The first-order valence-corrected chi connectivity index (χ1v) is 8.85. The number of hydrogen-bond donors (Lipinski definition) is 2. The molecule has 1 aromatic rings. The third kappa shape index (κ3) is 4.06. The van der Waals surface area contributed by atoms with Gasteiger partial charge in [-0.3, -0.25) is 4.79 Å². The highest BCUT2D eigenvalue weighted by Crippen LogP contribution is 2.21. The number of primary sulfonamides is 1. The molecule has 0 aliphatic carbocycles. The molecule has 2 rings (SSSR count). The maximum absolute atomic E-state index is 12.2. The van der Waals surface area contributed by atoms with Crippen LogP contribution in [0.1, 0.15) is 30.9 Å². The molecule has 0 spiro atoms. The average molecular weight is 326 g/mol. The van der Waals surface area contributed by atoms with E-state index in [9.17, 15) is 13.2 Å². The van der Waals surface area contributed by atoms with Gasteiger partial charge in [-0.25, -0.2) is 13.6 Å². The predicted octanol–water partition coefficient (Wildman–Crippen LogP) is 1.07. The predicted molar refractivity (Wildman–Crippen MR) is 82.5 cm³/mol. The third-order valence-corrected chi connectivity index (χ3v) is 5.03. The van der Waals surface area contributed by atoms with Crippen molar-refractivity contribution in [2.75, 3.05) is 6.61 Å². The van der Waals surface area contributed by atoms with E-state index >= 15 is 0 Å². The number of hydrogen-bond acceptors (Lipinski definition) is 4. The average Bonchev–Trinajstić information content (AvgIpc) is 2.44. The minimum Gasteiger partial charge on any atom is -0.378 e. The molecule has 0 aromatic heterocycles. The van der Waals surface area contributed by atoms with Crippen LogP contribution >= 0.6 is 0 Å². The molecule has 0 bridgehead atoms. The molecule has 0 saturated carbocycles. The smallest absolute Gasteiger partial charge is 0.238 e. The molecule has 1 aliphatic heterocycles. The Balaban J connectivity index is 2.00. The van der Waals surface area contributed by atoms with Gasteiger partial charge < -0.3 is 10.1 Å². The third-order valence-electron chi connectivity index (χ3n) is 3.96. The number of benzene rings is 1. The summed E-state index contributed by atoms with van der Waals surface area (Å²) in [6.45, 7) is 4.66. The second-order valence-electron chi connectivity index (χ2n) is 5.69. The second-order valence-corrected chi connectivity index (χ2v) is 7.22. The summed E-state index contributed by atoms with van der Waals surface area (Å²) in [5.74, 6) is -0.154. The summed E-state index contributed by atoms with van der Waals surface area (Å²) in [6, 6.07) is 4.85. The number of ether oxygens (including phenoxy) is 1. The fourth-order valence-electron chi connectivity index (χ4n) is 2.73. The SMILES string of the molecule is Cc1cc(CNC(=O)[C@H]2CCCO[C@H]2C)ccc1S(N)(=O)=O. The Kier molecular flexibility index (Phi) is 5.20. The zero-order valence-corrected chi connectivity index (χ0v) is 13.7. The van der Waals surface area contributed by atoms with Gasteiger partial charge in [-0.15, -0.1) is 0 Å². The fourth-order valence-corrected chi connectivity index (χ4v) is 3.49. The fraction of sp³-hybridized carbons (Fsp3) is 0.533. The summed E-state index contributed by atoms with van der Waals surface area (Å²) in [4.78, 5) is 12.3. The summed E-state index contributed by atoms with van der Waals surface area (Å²) >= 11 is 0. The van der Waals surface area contributed by atoms with Crippen molar-refractivity contribution in [3.63, 3.8) is 0 Å². The molecule has 2 atom stereocenters. The van der Waals surface area contributed by atoms with E-state index in [2.05, 4.69) is 5.32 Å². The van der Waals surface area contributed by atoms with Gasteiger partial charge in [-0.1, -0.05) is 12.1 Å². The van der Waals surface area contributed by atoms with E-state index < -0.39 is 10.0 Å². The monoisotopic (exact) mass is 326 g/mol. The molecule has 1 heterocycles. The Morgan fingerprint density at radius 1 is 1.45 bits per heavy atom. The number of carbonyl (C=O) groups excluding carboxylic acids is 1. The molecule has 6 nitrogen and oxygen atoms in total. The van der Waals surface area contributed by atoms with Crippen LogP contribution in [0.2, 0.25) is 0 Å². The Hall–Kier alpha value is -1.44. The van der Waals surface area contributed by atoms with Crippen LogP contribution in [0.5, 0.6) is 0 Å². The van der Waals surface area contributed by atoms with Gasteiger partial charge in [0.1, 0.15) is 0 Å². The molecule has 1 aliphatic rings. The van der Waals surface area contributed by atoms with Gasteiger partial charge in [-0.05, 0) is 43.9 Å². The van der Waals surface area contributed by atoms with Crippen molar-refractivity contribution in [1.82, 2.24) is 5.32 Å². The lowest BCUT2D eigenvalue weighted by molar-refractivity contribution is -0.133. The second kappa shape index (κ2) is 6.76. The van der Waals surface area contributed by atoms with Gasteiger partial charge in [0.2, 0.25) is 15.9 Å². The highest BCUT2D eigenvalue weighted by atomic mass is 32.2. The quantitative estimate of drug-likeness (QED) is 0.864. The lowest BCUT2D eigenvalue weighted by Gasteiger charge is -2.28. The van der Waals surface area contributed by atoms with Crippen LogP contribution in [-0.4, -0.2) is 27.0 Å². The molecule has 1 aromatic carbocycles. The van der Waals surface area contributed by atoms with Crippen molar-refractivity contribution in [2.24, 2.45) is 11.1 Å². The van der Waals surface area contributed by atoms with Crippen molar-refractivity contribution in [3.05, 3.63) is 29.3 Å². The van der Waals surface area contributed by atoms with Gasteiger partial charge in [-0.2, -0.15) is 0 Å². The maximum Gasteiger partial charge on any atom is 0.238 e. The Labute approximate surface area is 131 Å². The van der Waals surface area contributed by atoms with E-state index in [-0.39, 0.29) is 22.8 Å². The topological polar surface area (TPSA) is 98.5 Å². The van der Waals surface area contributed by atoms with Crippen LogP contribution in [0.15, 0.2) is 23.1 Å². The molecule has 3 N–H and O–H groups in total. The Morgan fingerprint density at radius 2 is 2.18 bits per heavy atom. The lowest BCUT2D eigenvalue weighted by Crippen LogP contribution is -2.39. The zero-order chi connectivity index (χ0) is 16.3. The van der Waals surface area contributed by atoms with E-state index in [0.717, 1.165) is 18.4 Å². The van der Waals surface area contributed by atoms with E-state index in [1.807, 2.05) is 6.92 Å². The number of nitrogens with two attached hydrogens (primary N) is 1. The number of aryl methyl sites for hydroxylation is 1. The molecule has 1 fully saturated rings. The summed E-state index contributed by atoms with van der Waals surface area (Å²) in [7, 11) is -3.71. The van der Waals surface area contributed by atoms with Gasteiger partial charge in [0.25, 0.3) is 0 Å². The van der Waals surface area contributed by atoms with Crippen molar-refractivity contribution in [1.29, 1.82) is 0 Å². The van der Waals surface area contributed by atoms with Crippen molar-refractivity contribution in [2.45, 2.75) is 44.2 Å². The summed E-state index contributed by atoms with van der Waals surface area (Å²) in [6.07, 6.45) is 1.65. The summed E-state index contributed by atoms with van der Waals surface area (Å²) in [5.41, 5.74) is 1.41. The van der Waals surface area contributed by atoms with Crippen molar-refractivity contribution >= 4 is 15.9 Å². The molecular formula is C15H22N2O4S. The highest BCUT2D eigenvalue weighted by molar-refractivity contribution is 7.89. The number of sulfonamides is 1. The molecule has 7 heteroatoms.